The highest BCUT2D eigenvalue weighted by atomic mass is 16.2. The number of ketones is 1. The van der Waals surface area contributed by atoms with E-state index in [4.69, 9.17) is 5.73 Å². The lowest BCUT2D eigenvalue weighted by Gasteiger charge is -2.36. The van der Waals surface area contributed by atoms with Gasteiger partial charge in [-0.15, -0.1) is 0 Å². The summed E-state index contributed by atoms with van der Waals surface area (Å²) in [5.74, 6) is 0.0838. The molecule has 1 aliphatic heterocycles. The maximum Gasteiger partial charge on any atom is 0.239 e. The summed E-state index contributed by atoms with van der Waals surface area (Å²) in [7, 11) is 0. The van der Waals surface area contributed by atoms with E-state index in [1.54, 1.807) is 13.8 Å². The minimum Gasteiger partial charge on any atom is -0.368 e. The molecule has 0 radical (unpaired) electrons. The van der Waals surface area contributed by atoms with Crippen molar-refractivity contribution >= 4 is 17.4 Å². The number of hydrogen-bond donors (Lipinski definition) is 1. The highest BCUT2D eigenvalue weighted by Gasteiger charge is 2.23. The molecule has 0 aromatic heterocycles. The molecular formula is C15H21N3O2. The molecule has 20 heavy (non-hydrogen) atoms. The van der Waals surface area contributed by atoms with Crippen molar-refractivity contribution in [1.29, 1.82) is 0 Å². The van der Waals surface area contributed by atoms with Crippen LogP contribution in [-0.2, 0) is 4.79 Å². The minimum absolute atomic E-state index is 0.0107. The van der Waals surface area contributed by atoms with Gasteiger partial charge >= 0.3 is 0 Å². The Balaban J connectivity index is 1.97. The largest absolute Gasteiger partial charge is 0.368 e. The normalized spacial score (nSPS) is 16.9. The average molecular weight is 275 g/mol. The molecule has 0 saturated carbocycles. The van der Waals surface area contributed by atoms with Crippen LogP contribution in [0, 0.1) is 0 Å². The number of anilines is 1. The molecule has 5 nitrogen and oxygen atoms in total. The van der Waals surface area contributed by atoms with Crippen molar-refractivity contribution in [2.24, 2.45) is 5.73 Å². The van der Waals surface area contributed by atoms with Gasteiger partial charge in [-0.2, -0.15) is 0 Å². The number of amides is 1. The zero-order valence-electron chi connectivity index (χ0n) is 12.0. The Labute approximate surface area is 119 Å². The van der Waals surface area contributed by atoms with Crippen LogP contribution in [0.25, 0.3) is 0 Å². The Hall–Kier alpha value is -1.88. The number of carbonyl (C=O) groups is 2. The van der Waals surface area contributed by atoms with E-state index < -0.39 is 6.04 Å². The first-order chi connectivity index (χ1) is 9.49. The summed E-state index contributed by atoms with van der Waals surface area (Å²) in [5, 5.41) is 0. The van der Waals surface area contributed by atoms with Crippen molar-refractivity contribution < 1.29 is 9.59 Å². The van der Waals surface area contributed by atoms with E-state index in [0.717, 1.165) is 24.3 Å². The smallest absolute Gasteiger partial charge is 0.239 e. The fourth-order valence-corrected chi connectivity index (χ4v) is 2.38. The number of benzene rings is 1. The average Bonchev–Trinajstić information content (AvgIpc) is 2.46. The van der Waals surface area contributed by atoms with Crippen LogP contribution >= 0.6 is 0 Å². The van der Waals surface area contributed by atoms with Gasteiger partial charge in [0.15, 0.2) is 5.78 Å². The van der Waals surface area contributed by atoms with Crippen molar-refractivity contribution in [1.82, 2.24) is 4.90 Å². The van der Waals surface area contributed by atoms with E-state index in [2.05, 4.69) is 4.90 Å². The zero-order chi connectivity index (χ0) is 14.7. The molecule has 108 valence electrons. The monoisotopic (exact) mass is 275 g/mol. The summed E-state index contributed by atoms with van der Waals surface area (Å²) in [5.41, 5.74) is 7.43. The molecule has 0 unspecified atom stereocenters. The van der Waals surface area contributed by atoms with Gasteiger partial charge in [-0.25, -0.2) is 0 Å². The summed E-state index contributed by atoms with van der Waals surface area (Å²) in [4.78, 5) is 27.1. The van der Waals surface area contributed by atoms with Crippen LogP contribution < -0.4 is 10.6 Å². The lowest BCUT2D eigenvalue weighted by molar-refractivity contribution is -0.132. The van der Waals surface area contributed by atoms with Gasteiger partial charge in [-0.05, 0) is 38.1 Å². The molecule has 1 aromatic rings. The van der Waals surface area contributed by atoms with Crippen molar-refractivity contribution in [3.8, 4) is 0 Å². The number of nitrogens with zero attached hydrogens (tertiary/aromatic N) is 2. The summed E-state index contributed by atoms with van der Waals surface area (Å²) in [6.45, 7) is 6.24. The van der Waals surface area contributed by atoms with Crippen LogP contribution in [0.3, 0.4) is 0 Å². The highest BCUT2D eigenvalue weighted by molar-refractivity contribution is 5.94. The molecule has 1 aromatic carbocycles. The number of hydrogen-bond acceptors (Lipinski definition) is 4. The predicted octanol–water partition coefficient (Wildman–Crippen LogP) is 0.885. The molecule has 0 aliphatic carbocycles. The first-order valence-corrected chi connectivity index (χ1v) is 6.89. The molecule has 1 amide bonds. The Kier molecular flexibility index (Phi) is 4.39. The van der Waals surface area contributed by atoms with Crippen molar-refractivity contribution in [3.05, 3.63) is 29.8 Å². The van der Waals surface area contributed by atoms with E-state index in [9.17, 15) is 9.59 Å². The first kappa shape index (κ1) is 14.5. The third-order valence-corrected chi connectivity index (χ3v) is 3.62. The van der Waals surface area contributed by atoms with Gasteiger partial charge in [0.05, 0.1) is 6.04 Å². The summed E-state index contributed by atoms with van der Waals surface area (Å²) >= 11 is 0. The van der Waals surface area contributed by atoms with E-state index in [1.807, 2.05) is 29.2 Å². The predicted molar refractivity (Wildman–Crippen MR) is 78.9 cm³/mol. The molecule has 0 bridgehead atoms. The van der Waals surface area contributed by atoms with Gasteiger partial charge in [-0.3, -0.25) is 9.59 Å². The molecule has 1 atom stereocenters. The van der Waals surface area contributed by atoms with E-state index in [0.29, 0.717) is 13.1 Å². The summed E-state index contributed by atoms with van der Waals surface area (Å²) in [6.07, 6.45) is 0. The van der Waals surface area contributed by atoms with Crippen LogP contribution in [0.15, 0.2) is 24.3 Å². The van der Waals surface area contributed by atoms with Crippen LogP contribution in [-0.4, -0.2) is 48.8 Å². The maximum atomic E-state index is 11.8. The van der Waals surface area contributed by atoms with Crippen molar-refractivity contribution in [2.45, 2.75) is 19.9 Å². The molecule has 1 saturated heterocycles. The van der Waals surface area contributed by atoms with Gasteiger partial charge in [0.2, 0.25) is 5.91 Å². The van der Waals surface area contributed by atoms with Gasteiger partial charge < -0.3 is 15.5 Å². The molecule has 1 aliphatic rings. The van der Waals surface area contributed by atoms with Gasteiger partial charge in [0, 0.05) is 37.4 Å². The number of Topliss-reactive ketones (excluding diaryl/α,β-unsaturated/α-hetero) is 1. The Morgan fingerprint density at radius 1 is 1.10 bits per heavy atom. The molecule has 1 heterocycles. The van der Waals surface area contributed by atoms with Crippen LogP contribution in [0.2, 0.25) is 0 Å². The second-order valence-corrected chi connectivity index (χ2v) is 5.20. The van der Waals surface area contributed by atoms with Gasteiger partial charge in [-0.1, -0.05) is 0 Å². The van der Waals surface area contributed by atoms with Crippen molar-refractivity contribution in [3.63, 3.8) is 0 Å². The van der Waals surface area contributed by atoms with Crippen LogP contribution in [0.1, 0.15) is 24.2 Å². The number of piperazine rings is 1. The molecule has 2 rings (SSSR count). The third-order valence-electron chi connectivity index (χ3n) is 3.62. The lowest BCUT2D eigenvalue weighted by Crippen LogP contribution is -2.52. The maximum absolute atomic E-state index is 11.8. The number of rotatable bonds is 3. The molecule has 5 heteroatoms. The lowest BCUT2D eigenvalue weighted by atomic mass is 10.1. The topological polar surface area (TPSA) is 66.6 Å². The third kappa shape index (κ3) is 3.17. The molecule has 2 N–H and O–H groups in total. The van der Waals surface area contributed by atoms with Crippen LogP contribution in [0.5, 0.6) is 0 Å². The standard InChI is InChI=1S/C15H21N3O2/c1-11(16)15(20)18-9-7-17(8-10-18)14-5-3-13(4-6-14)12(2)19/h3-6,11H,7-10,16H2,1-2H3/t11-/m0/s1. The number of carbonyl (C=O) groups excluding carboxylic acids is 2. The quantitative estimate of drug-likeness (QED) is 0.832. The minimum atomic E-state index is -0.434. The van der Waals surface area contributed by atoms with Crippen LogP contribution in [0.4, 0.5) is 5.69 Å². The van der Waals surface area contributed by atoms with E-state index in [1.165, 1.54) is 0 Å². The SMILES string of the molecule is CC(=O)c1ccc(N2CCN(C(=O)[C@H](C)N)CC2)cc1. The van der Waals surface area contributed by atoms with Gasteiger partial charge in [0.25, 0.3) is 0 Å². The molecule has 0 spiro atoms. The zero-order valence-corrected chi connectivity index (χ0v) is 12.0. The Bertz CT molecular complexity index is 488. The molecule has 1 fully saturated rings. The fourth-order valence-electron chi connectivity index (χ4n) is 2.38. The van der Waals surface area contributed by atoms with E-state index >= 15 is 0 Å². The Morgan fingerprint density at radius 2 is 1.65 bits per heavy atom. The second kappa shape index (κ2) is 6.05. The second-order valence-electron chi connectivity index (χ2n) is 5.20. The summed E-state index contributed by atoms with van der Waals surface area (Å²) in [6, 6.07) is 7.17. The van der Waals surface area contributed by atoms with Gasteiger partial charge in [0.1, 0.15) is 0 Å². The number of nitrogens with two attached hydrogens (primary N) is 1. The van der Waals surface area contributed by atoms with E-state index in [-0.39, 0.29) is 11.7 Å². The molecular weight excluding hydrogens is 254 g/mol. The Morgan fingerprint density at radius 3 is 2.10 bits per heavy atom. The summed E-state index contributed by atoms with van der Waals surface area (Å²) < 4.78 is 0. The first-order valence-electron chi connectivity index (χ1n) is 6.89. The highest BCUT2D eigenvalue weighted by Crippen LogP contribution is 2.17. The fraction of sp³-hybridized carbons (Fsp3) is 0.467. The van der Waals surface area contributed by atoms with Crippen molar-refractivity contribution in [2.75, 3.05) is 31.1 Å².